The summed E-state index contributed by atoms with van der Waals surface area (Å²) >= 11 is 0. The Morgan fingerprint density at radius 1 is 1.50 bits per heavy atom. The van der Waals surface area contributed by atoms with E-state index in [4.69, 9.17) is 0 Å². The maximum Gasteiger partial charge on any atom is 0.0576 e. The van der Waals surface area contributed by atoms with Crippen molar-refractivity contribution < 1.29 is 5.11 Å². The van der Waals surface area contributed by atoms with Gasteiger partial charge in [0.25, 0.3) is 0 Å². The number of rotatable bonds is 1. The monoisotopic (exact) mass is 139 g/mol. The fourth-order valence-electron chi connectivity index (χ4n) is 2.65. The Morgan fingerprint density at radius 3 is 2.70 bits per heavy atom. The maximum atomic E-state index is 9.50. The second-order valence-corrected chi connectivity index (χ2v) is 3.73. The van der Waals surface area contributed by atoms with Gasteiger partial charge >= 0.3 is 0 Å². The van der Waals surface area contributed by atoms with Crippen molar-refractivity contribution >= 4 is 0 Å². The van der Waals surface area contributed by atoms with E-state index in [-0.39, 0.29) is 6.10 Å². The van der Waals surface area contributed by atoms with Crippen LogP contribution in [-0.4, -0.2) is 11.2 Å². The molecule has 2 bridgehead atoms. The molecule has 0 spiro atoms. The van der Waals surface area contributed by atoms with Crippen LogP contribution in [0, 0.1) is 17.8 Å². The summed E-state index contributed by atoms with van der Waals surface area (Å²) in [6, 6.07) is 0. The molecular weight excluding hydrogens is 124 g/mol. The van der Waals surface area contributed by atoms with E-state index in [2.05, 4.69) is 6.92 Å². The van der Waals surface area contributed by atoms with E-state index in [1.807, 2.05) is 0 Å². The Labute approximate surface area is 62.4 Å². The van der Waals surface area contributed by atoms with Crippen LogP contribution in [0.5, 0.6) is 0 Å². The molecule has 1 nitrogen and oxygen atoms in total. The standard InChI is InChI=1S/C9H15O/c1-2-7-3-6-4-8(7)9(10)5-6/h6,8-10H,2-5H2,1H3. The normalized spacial score (nSPS) is 46.8. The zero-order chi connectivity index (χ0) is 7.14. The van der Waals surface area contributed by atoms with Gasteiger partial charge in [0, 0.05) is 0 Å². The van der Waals surface area contributed by atoms with Crippen molar-refractivity contribution in [3.8, 4) is 0 Å². The van der Waals surface area contributed by atoms with Crippen molar-refractivity contribution in [2.24, 2.45) is 11.8 Å². The van der Waals surface area contributed by atoms with Gasteiger partial charge in [-0.15, -0.1) is 0 Å². The molecule has 0 aromatic rings. The van der Waals surface area contributed by atoms with Gasteiger partial charge < -0.3 is 5.11 Å². The highest BCUT2D eigenvalue weighted by Crippen LogP contribution is 2.50. The predicted molar refractivity (Wildman–Crippen MR) is 40.4 cm³/mol. The Morgan fingerprint density at radius 2 is 2.30 bits per heavy atom. The lowest BCUT2D eigenvalue weighted by Gasteiger charge is -2.23. The highest BCUT2D eigenvalue weighted by atomic mass is 16.3. The van der Waals surface area contributed by atoms with Gasteiger partial charge in [0.2, 0.25) is 0 Å². The Bertz CT molecular complexity index is 131. The van der Waals surface area contributed by atoms with Crippen LogP contribution >= 0.6 is 0 Å². The number of aliphatic hydroxyl groups is 1. The minimum absolute atomic E-state index is 0.0219. The van der Waals surface area contributed by atoms with Crippen LogP contribution in [-0.2, 0) is 0 Å². The Balaban J connectivity index is 2.06. The van der Waals surface area contributed by atoms with E-state index < -0.39 is 0 Å². The molecule has 0 amide bonds. The first-order valence-corrected chi connectivity index (χ1v) is 4.34. The zero-order valence-corrected chi connectivity index (χ0v) is 6.51. The van der Waals surface area contributed by atoms with Crippen LogP contribution in [0.4, 0.5) is 0 Å². The predicted octanol–water partition coefficient (Wildman–Crippen LogP) is 1.76. The Hall–Kier alpha value is -0.0400. The van der Waals surface area contributed by atoms with E-state index in [0.717, 1.165) is 12.3 Å². The number of hydrogen-bond acceptors (Lipinski definition) is 1. The summed E-state index contributed by atoms with van der Waals surface area (Å²) in [4.78, 5) is 0. The van der Waals surface area contributed by atoms with Crippen molar-refractivity contribution in [1.29, 1.82) is 0 Å². The molecule has 0 saturated heterocycles. The molecule has 2 fully saturated rings. The van der Waals surface area contributed by atoms with Crippen LogP contribution in [0.1, 0.15) is 32.6 Å². The minimum Gasteiger partial charge on any atom is -0.393 e. The van der Waals surface area contributed by atoms with Crippen molar-refractivity contribution in [2.75, 3.05) is 0 Å². The molecule has 2 rings (SSSR count). The van der Waals surface area contributed by atoms with E-state index in [1.54, 1.807) is 5.92 Å². The third-order valence-electron chi connectivity index (χ3n) is 3.16. The summed E-state index contributed by atoms with van der Waals surface area (Å²) in [5.41, 5.74) is 0. The van der Waals surface area contributed by atoms with Crippen LogP contribution in [0.25, 0.3) is 0 Å². The van der Waals surface area contributed by atoms with E-state index >= 15 is 0 Å². The molecule has 0 heterocycles. The molecule has 3 unspecified atom stereocenters. The zero-order valence-electron chi connectivity index (χ0n) is 6.51. The highest BCUT2D eigenvalue weighted by Gasteiger charge is 2.44. The molecule has 1 heteroatoms. The summed E-state index contributed by atoms with van der Waals surface area (Å²) < 4.78 is 0. The quantitative estimate of drug-likeness (QED) is 0.587. The second-order valence-electron chi connectivity index (χ2n) is 3.73. The molecule has 2 aliphatic rings. The summed E-state index contributed by atoms with van der Waals surface area (Å²) in [6.07, 6.45) is 4.89. The minimum atomic E-state index is 0.0219. The van der Waals surface area contributed by atoms with Gasteiger partial charge in [0.1, 0.15) is 0 Å². The van der Waals surface area contributed by atoms with Crippen LogP contribution in [0.2, 0.25) is 0 Å². The topological polar surface area (TPSA) is 20.2 Å². The molecule has 0 aromatic heterocycles. The summed E-state index contributed by atoms with van der Waals surface area (Å²) in [7, 11) is 0. The van der Waals surface area contributed by atoms with Gasteiger partial charge in [0.05, 0.1) is 6.10 Å². The first kappa shape index (κ1) is 6.66. The number of hydrogen-bond donors (Lipinski definition) is 1. The van der Waals surface area contributed by atoms with E-state index in [0.29, 0.717) is 5.92 Å². The average Bonchev–Trinajstić information content (AvgIpc) is 2.44. The molecular formula is C9H15O. The van der Waals surface area contributed by atoms with Gasteiger partial charge in [-0.1, -0.05) is 6.92 Å². The van der Waals surface area contributed by atoms with Gasteiger partial charge in [-0.05, 0) is 43.4 Å². The average molecular weight is 139 g/mol. The molecule has 57 valence electrons. The fourth-order valence-corrected chi connectivity index (χ4v) is 2.65. The molecule has 0 aliphatic heterocycles. The summed E-state index contributed by atoms with van der Waals surface area (Å²) in [5.74, 6) is 3.06. The lowest BCUT2D eigenvalue weighted by atomic mass is 9.85. The van der Waals surface area contributed by atoms with Crippen molar-refractivity contribution in [1.82, 2.24) is 0 Å². The molecule has 0 aromatic carbocycles. The van der Waals surface area contributed by atoms with E-state index in [1.165, 1.54) is 19.3 Å². The summed E-state index contributed by atoms with van der Waals surface area (Å²) in [6.45, 7) is 2.21. The van der Waals surface area contributed by atoms with Crippen molar-refractivity contribution in [3.05, 3.63) is 5.92 Å². The smallest absolute Gasteiger partial charge is 0.0576 e. The second kappa shape index (κ2) is 2.23. The van der Waals surface area contributed by atoms with Gasteiger partial charge in [0.15, 0.2) is 0 Å². The first-order valence-electron chi connectivity index (χ1n) is 4.34. The van der Waals surface area contributed by atoms with Gasteiger partial charge in [-0.2, -0.15) is 0 Å². The molecule has 2 saturated carbocycles. The van der Waals surface area contributed by atoms with Crippen LogP contribution < -0.4 is 0 Å². The molecule has 2 aliphatic carbocycles. The lowest BCUT2D eigenvalue weighted by molar-refractivity contribution is 0.122. The van der Waals surface area contributed by atoms with Crippen molar-refractivity contribution in [2.45, 2.75) is 38.7 Å². The molecule has 10 heavy (non-hydrogen) atoms. The maximum absolute atomic E-state index is 9.50. The SMILES string of the molecule is CC[C]1CC2CC(O)C1C2. The summed E-state index contributed by atoms with van der Waals surface area (Å²) in [5, 5.41) is 9.50. The van der Waals surface area contributed by atoms with Crippen LogP contribution in [0.3, 0.4) is 0 Å². The third kappa shape index (κ3) is 0.800. The highest BCUT2D eigenvalue weighted by molar-refractivity contribution is 5.11. The molecule has 1 N–H and O–H groups in total. The van der Waals surface area contributed by atoms with Crippen molar-refractivity contribution in [3.63, 3.8) is 0 Å². The van der Waals surface area contributed by atoms with E-state index in [9.17, 15) is 5.11 Å². The largest absolute Gasteiger partial charge is 0.393 e. The Kier molecular flexibility index (Phi) is 1.48. The van der Waals surface area contributed by atoms with Gasteiger partial charge in [-0.25, -0.2) is 0 Å². The van der Waals surface area contributed by atoms with Crippen LogP contribution in [0.15, 0.2) is 0 Å². The first-order chi connectivity index (χ1) is 4.81. The van der Waals surface area contributed by atoms with Gasteiger partial charge in [-0.3, -0.25) is 0 Å². The lowest BCUT2D eigenvalue weighted by Crippen LogP contribution is -2.22. The molecule has 3 atom stereocenters. The third-order valence-corrected chi connectivity index (χ3v) is 3.16. The molecule has 1 radical (unpaired) electrons. The fraction of sp³-hybridized carbons (Fsp3) is 0.889. The number of fused-ring (bicyclic) bond motifs is 2. The number of aliphatic hydroxyl groups excluding tert-OH is 1.